The lowest BCUT2D eigenvalue weighted by atomic mass is 10.0. The summed E-state index contributed by atoms with van der Waals surface area (Å²) in [5.74, 6) is -1.42. The first kappa shape index (κ1) is 15.9. The maximum atomic E-state index is 12.0. The molecule has 0 unspecified atom stereocenters. The van der Waals surface area contributed by atoms with E-state index in [1.54, 1.807) is 12.1 Å². The van der Waals surface area contributed by atoms with E-state index in [4.69, 9.17) is 5.11 Å². The molecule has 20 heavy (non-hydrogen) atoms. The molecule has 1 aromatic rings. The molecule has 0 aliphatic heterocycles. The highest BCUT2D eigenvalue weighted by atomic mass is 16.4. The fraction of sp³-hybridized carbons (Fsp3) is 0.400. The van der Waals surface area contributed by atoms with Crippen molar-refractivity contribution < 1.29 is 19.5 Å². The van der Waals surface area contributed by atoms with Crippen molar-refractivity contribution in [2.24, 2.45) is 5.92 Å². The van der Waals surface area contributed by atoms with E-state index < -0.39 is 17.9 Å². The number of ketones is 1. The molecule has 1 rings (SSSR count). The van der Waals surface area contributed by atoms with Gasteiger partial charge in [0.2, 0.25) is 0 Å². The zero-order valence-electron chi connectivity index (χ0n) is 11.8. The smallest absolute Gasteiger partial charge is 0.326 e. The number of carbonyl (C=O) groups is 3. The molecular weight excluding hydrogens is 258 g/mol. The highest BCUT2D eigenvalue weighted by Gasteiger charge is 2.21. The van der Waals surface area contributed by atoms with Gasteiger partial charge in [-0.2, -0.15) is 0 Å². The van der Waals surface area contributed by atoms with Gasteiger partial charge in [0.25, 0.3) is 5.91 Å². The molecule has 2 N–H and O–H groups in total. The number of rotatable bonds is 6. The summed E-state index contributed by atoms with van der Waals surface area (Å²) in [5.41, 5.74) is 0.850. The van der Waals surface area contributed by atoms with Crippen LogP contribution in [-0.4, -0.2) is 28.8 Å². The summed E-state index contributed by atoms with van der Waals surface area (Å²) in [7, 11) is 0. The van der Waals surface area contributed by atoms with Crippen molar-refractivity contribution in [3.05, 3.63) is 35.4 Å². The lowest BCUT2D eigenvalue weighted by Gasteiger charge is -2.16. The SMILES string of the molecule is CC(=O)c1ccc(C(=O)N[C@@H](CC(C)C)C(=O)O)cc1. The van der Waals surface area contributed by atoms with E-state index in [1.165, 1.54) is 19.1 Å². The first-order valence-corrected chi connectivity index (χ1v) is 6.46. The number of aliphatic carboxylic acids is 1. The number of amides is 1. The Morgan fingerprint density at radius 3 is 2.00 bits per heavy atom. The van der Waals surface area contributed by atoms with Gasteiger partial charge < -0.3 is 10.4 Å². The molecule has 0 radical (unpaired) electrons. The van der Waals surface area contributed by atoms with E-state index in [0.29, 0.717) is 17.5 Å². The Bertz CT molecular complexity index is 505. The van der Waals surface area contributed by atoms with Crippen molar-refractivity contribution in [1.82, 2.24) is 5.32 Å². The number of nitrogens with one attached hydrogen (secondary N) is 1. The molecule has 0 saturated carbocycles. The van der Waals surface area contributed by atoms with Crippen LogP contribution in [0.3, 0.4) is 0 Å². The minimum atomic E-state index is -1.05. The van der Waals surface area contributed by atoms with Crippen molar-refractivity contribution in [2.45, 2.75) is 33.2 Å². The standard InChI is InChI=1S/C15H19NO4/c1-9(2)8-13(15(19)20)16-14(18)12-6-4-11(5-7-12)10(3)17/h4-7,9,13H,8H2,1-3H3,(H,16,18)(H,19,20)/t13-/m0/s1. The second-order valence-corrected chi connectivity index (χ2v) is 5.13. The number of carboxylic acid groups (broad SMARTS) is 1. The largest absolute Gasteiger partial charge is 0.480 e. The van der Waals surface area contributed by atoms with Crippen LogP contribution in [0, 0.1) is 5.92 Å². The first-order chi connectivity index (χ1) is 9.31. The number of carbonyl (C=O) groups excluding carboxylic acids is 2. The molecule has 0 fully saturated rings. The van der Waals surface area contributed by atoms with Gasteiger partial charge in [0.15, 0.2) is 5.78 Å². The van der Waals surface area contributed by atoms with Crippen LogP contribution in [0.4, 0.5) is 0 Å². The van der Waals surface area contributed by atoms with E-state index >= 15 is 0 Å². The number of hydrogen-bond acceptors (Lipinski definition) is 3. The van der Waals surface area contributed by atoms with Crippen LogP contribution in [0.2, 0.25) is 0 Å². The van der Waals surface area contributed by atoms with Gasteiger partial charge in [-0.25, -0.2) is 4.79 Å². The molecule has 1 amide bonds. The fourth-order valence-electron chi connectivity index (χ4n) is 1.79. The van der Waals surface area contributed by atoms with Crippen LogP contribution in [0.1, 0.15) is 47.9 Å². The lowest BCUT2D eigenvalue weighted by Crippen LogP contribution is -2.41. The van der Waals surface area contributed by atoms with E-state index in [1.807, 2.05) is 13.8 Å². The molecule has 0 bridgehead atoms. The third-order valence-corrected chi connectivity index (χ3v) is 2.86. The van der Waals surface area contributed by atoms with Gasteiger partial charge in [-0.3, -0.25) is 9.59 Å². The summed E-state index contributed by atoms with van der Waals surface area (Å²) in [6.07, 6.45) is 0.368. The third kappa shape index (κ3) is 4.50. The van der Waals surface area contributed by atoms with Crippen LogP contribution in [0.5, 0.6) is 0 Å². The second kappa shape index (κ2) is 6.84. The number of Topliss-reactive ketones (excluding diaryl/α,β-unsaturated/α-hetero) is 1. The van der Waals surface area contributed by atoms with Crippen molar-refractivity contribution in [1.29, 1.82) is 0 Å². The Balaban J connectivity index is 2.78. The van der Waals surface area contributed by atoms with E-state index in [-0.39, 0.29) is 11.7 Å². The number of benzene rings is 1. The molecule has 0 spiro atoms. The fourth-order valence-corrected chi connectivity index (χ4v) is 1.79. The molecule has 0 aliphatic rings. The van der Waals surface area contributed by atoms with Crippen molar-refractivity contribution in [3.8, 4) is 0 Å². The van der Waals surface area contributed by atoms with E-state index in [2.05, 4.69) is 5.32 Å². The van der Waals surface area contributed by atoms with Crippen LogP contribution in [0.15, 0.2) is 24.3 Å². The van der Waals surface area contributed by atoms with E-state index in [0.717, 1.165) is 0 Å². The van der Waals surface area contributed by atoms with Crippen LogP contribution < -0.4 is 5.32 Å². The summed E-state index contributed by atoms with van der Waals surface area (Å²) in [4.78, 5) is 34.2. The average molecular weight is 277 g/mol. The van der Waals surface area contributed by atoms with Crippen LogP contribution in [-0.2, 0) is 4.79 Å². The quantitative estimate of drug-likeness (QED) is 0.780. The topological polar surface area (TPSA) is 83.5 Å². The van der Waals surface area contributed by atoms with Crippen molar-refractivity contribution in [3.63, 3.8) is 0 Å². The van der Waals surface area contributed by atoms with Crippen LogP contribution in [0.25, 0.3) is 0 Å². The predicted octanol–water partition coefficient (Wildman–Crippen LogP) is 2.12. The summed E-state index contributed by atoms with van der Waals surface area (Å²) in [5, 5.41) is 11.6. The Labute approximate surface area is 118 Å². The molecule has 1 atom stereocenters. The molecule has 0 heterocycles. The molecule has 1 aromatic carbocycles. The normalized spacial score (nSPS) is 12.0. The van der Waals surface area contributed by atoms with Gasteiger partial charge in [0.1, 0.15) is 6.04 Å². The van der Waals surface area contributed by atoms with Gasteiger partial charge in [-0.15, -0.1) is 0 Å². The number of hydrogen-bond donors (Lipinski definition) is 2. The number of carboxylic acids is 1. The Morgan fingerprint density at radius 1 is 1.10 bits per heavy atom. The van der Waals surface area contributed by atoms with Gasteiger partial charge in [-0.1, -0.05) is 26.0 Å². The summed E-state index contributed by atoms with van der Waals surface area (Å²) in [6.45, 7) is 5.23. The average Bonchev–Trinajstić information content (AvgIpc) is 2.37. The predicted molar refractivity (Wildman–Crippen MR) is 74.8 cm³/mol. The van der Waals surface area contributed by atoms with Gasteiger partial charge in [0, 0.05) is 11.1 Å². The van der Waals surface area contributed by atoms with Crippen LogP contribution >= 0.6 is 0 Å². The maximum absolute atomic E-state index is 12.0. The second-order valence-electron chi connectivity index (χ2n) is 5.13. The Hall–Kier alpha value is -2.17. The van der Waals surface area contributed by atoms with E-state index in [9.17, 15) is 14.4 Å². The zero-order valence-corrected chi connectivity index (χ0v) is 11.8. The zero-order chi connectivity index (χ0) is 15.3. The highest BCUT2D eigenvalue weighted by Crippen LogP contribution is 2.08. The molecule has 0 saturated heterocycles. The van der Waals surface area contributed by atoms with Gasteiger partial charge >= 0.3 is 5.97 Å². The summed E-state index contributed by atoms with van der Waals surface area (Å²) >= 11 is 0. The minimum absolute atomic E-state index is 0.0832. The van der Waals surface area contributed by atoms with Gasteiger partial charge in [0.05, 0.1) is 0 Å². The molecule has 5 nitrogen and oxygen atoms in total. The van der Waals surface area contributed by atoms with Gasteiger partial charge in [-0.05, 0) is 31.4 Å². The molecule has 0 aliphatic carbocycles. The van der Waals surface area contributed by atoms with Crippen molar-refractivity contribution in [2.75, 3.05) is 0 Å². The van der Waals surface area contributed by atoms with Crippen molar-refractivity contribution >= 4 is 17.7 Å². The molecule has 5 heteroatoms. The highest BCUT2D eigenvalue weighted by molar-refractivity contribution is 5.98. The monoisotopic (exact) mass is 277 g/mol. The molecular formula is C15H19NO4. The summed E-state index contributed by atoms with van der Waals surface area (Å²) in [6, 6.07) is 5.22. The lowest BCUT2D eigenvalue weighted by molar-refractivity contribution is -0.139. The third-order valence-electron chi connectivity index (χ3n) is 2.86. The molecule has 108 valence electrons. The molecule has 0 aromatic heterocycles. The summed E-state index contributed by atoms with van der Waals surface area (Å²) < 4.78 is 0. The minimum Gasteiger partial charge on any atom is -0.480 e. The maximum Gasteiger partial charge on any atom is 0.326 e. The Morgan fingerprint density at radius 2 is 1.60 bits per heavy atom. The first-order valence-electron chi connectivity index (χ1n) is 6.46. The Kier molecular flexibility index (Phi) is 5.43.